The first kappa shape index (κ1) is 16.7. The number of rotatable bonds is 3. The molecule has 5 nitrogen and oxygen atoms in total. The van der Waals surface area contributed by atoms with Crippen molar-refractivity contribution in [3.8, 4) is 0 Å². The lowest BCUT2D eigenvalue weighted by molar-refractivity contribution is -0.142. The van der Waals surface area contributed by atoms with Crippen LogP contribution in [0.5, 0.6) is 0 Å². The molecule has 3 aliphatic rings. The molecule has 0 N–H and O–H groups in total. The van der Waals surface area contributed by atoms with Crippen molar-refractivity contribution in [2.75, 3.05) is 13.2 Å². The van der Waals surface area contributed by atoms with Gasteiger partial charge >= 0.3 is 6.09 Å². The van der Waals surface area contributed by atoms with Gasteiger partial charge in [0.2, 0.25) is 0 Å². The number of amides is 1. The third-order valence-electron chi connectivity index (χ3n) is 5.29. The first-order valence-corrected chi connectivity index (χ1v) is 8.79. The molecular weight excluding hydrogens is 294 g/mol. The lowest BCUT2D eigenvalue weighted by Gasteiger charge is -2.41. The summed E-state index contributed by atoms with van der Waals surface area (Å²) in [7, 11) is 0. The molecule has 0 radical (unpaired) electrons. The van der Waals surface area contributed by atoms with Crippen LogP contribution in [0.4, 0.5) is 4.79 Å². The molecule has 1 amide bonds. The Labute approximate surface area is 138 Å². The molecular formula is C18H29NO4. The highest BCUT2D eigenvalue weighted by molar-refractivity contribution is 5.82. The SMILES string of the molecule is CC1(CC(=O)C2CC3CCC(C2)N3C(=O)OC(C)(C)C)COC1. The van der Waals surface area contributed by atoms with E-state index < -0.39 is 5.60 Å². The summed E-state index contributed by atoms with van der Waals surface area (Å²) in [5.74, 6) is 0.458. The van der Waals surface area contributed by atoms with Gasteiger partial charge in [-0.05, 0) is 46.5 Å². The summed E-state index contributed by atoms with van der Waals surface area (Å²) < 4.78 is 10.8. The number of ether oxygens (including phenoxy) is 2. The molecule has 2 atom stereocenters. The molecule has 3 aliphatic heterocycles. The van der Waals surface area contributed by atoms with Crippen molar-refractivity contribution >= 4 is 11.9 Å². The number of fused-ring (bicyclic) bond motifs is 2. The Morgan fingerprint density at radius 1 is 1.17 bits per heavy atom. The molecule has 0 aromatic heterocycles. The molecule has 2 bridgehead atoms. The maximum atomic E-state index is 12.6. The van der Waals surface area contributed by atoms with Gasteiger partial charge in [-0.1, -0.05) is 6.92 Å². The second-order valence-corrected chi connectivity index (χ2v) is 8.89. The first-order chi connectivity index (χ1) is 10.7. The van der Waals surface area contributed by atoms with E-state index >= 15 is 0 Å². The number of hydrogen-bond acceptors (Lipinski definition) is 4. The van der Waals surface area contributed by atoms with Gasteiger partial charge in [0, 0.05) is 29.8 Å². The Morgan fingerprint density at radius 2 is 1.74 bits per heavy atom. The topological polar surface area (TPSA) is 55.8 Å². The van der Waals surface area contributed by atoms with Crippen molar-refractivity contribution in [2.45, 2.75) is 77.5 Å². The van der Waals surface area contributed by atoms with Crippen LogP contribution in [0.1, 0.15) is 59.8 Å². The molecule has 2 unspecified atom stereocenters. The molecule has 3 saturated heterocycles. The molecule has 0 aliphatic carbocycles. The van der Waals surface area contributed by atoms with Crippen molar-refractivity contribution in [2.24, 2.45) is 11.3 Å². The normalized spacial score (nSPS) is 32.3. The van der Waals surface area contributed by atoms with E-state index in [1.165, 1.54) is 0 Å². The zero-order valence-corrected chi connectivity index (χ0v) is 14.8. The van der Waals surface area contributed by atoms with Gasteiger partial charge in [0.1, 0.15) is 11.4 Å². The van der Waals surface area contributed by atoms with Crippen LogP contribution < -0.4 is 0 Å². The van der Waals surface area contributed by atoms with E-state index in [0.717, 1.165) is 25.7 Å². The fraction of sp³-hybridized carbons (Fsp3) is 0.889. The van der Waals surface area contributed by atoms with Crippen LogP contribution in [0.2, 0.25) is 0 Å². The largest absolute Gasteiger partial charge is 0.444 e. The lowest BCUT2D eigenvalue weighted by atomic mass is 9.77. The average molecular weight is 323 g/mol. The van der Waals surface area contributed by atoms with Gasteiger partial charge in [-0.25, -0.2) is 4.79 Å². The Morgan fingerprint density at radius 3 is 2.17 bits per heavy atom. The minimum atomic E-state index is -0.470. The maximum absolute atomic E-state index is 12.6. The molecule has 0 aromatic rings. The van der Waals surface area contributed by atoms with Crippen LogP contribution in [0, 0.1) is 11.3 Å². The molecule has 3 fully saturated rings. The summed E-state index contributed by atoms with van der Waals surface area (Å²) in [4.78, 5) is 27.0. The second-order valence-electron chi connectivity index (χ2n) is 8.89. The quantitative estimate of drug-likeness (QED) is 0.800. The molecule has 3 rings (SSSR count). The number of ketones is 1. The second kappa shape index (κ2) is 5.76. The van der Waals surface area contributed by atoms with Crippen LogP contribution in [-0.2, 0) is 14.3 Å². The lowest BCUT2D eigenvalue weighted by Crippen LogP contribution is -2.50. The van der Waals surface area contributed by atoms with Crippen LogP contribution in [0.3, 0.4) is 0 Å². The van der Waals surface area contributed by atoms with Crippen molar-refractivity contribution in [3.05, 3.63) is 0 Å². The zero-order chi connectivity index (χ0) is 16.8. The highest BCUT2D eigenvalue weighted by Crippen LogP contribution is 2.42. The molecule has 5 heteroatoms. The van der Waals surface area contributed by atoms with Gasteiger partial charge in [0.15, 0.2) is 0 Å². The van der Waals surface area contributed by atoms with Crippen molar-refractivity contribution in [1.29, 1.82) is 0 Å². The monoisotopic (exact) mass is 323 g/mol. The zero-order valence-electron chi connectivity index (χ0n) is 14.8. The highest BCUT2D eigenvalue weighted by Gasteiger charge is 2.47. The van der Waals surface area contributed by atoms with Gasteiger partial charge in [-0.3, -0.25) is 4.79 Å². The van der Waals surface area contributed by atoms with Gasteiger partial charge in [-0.2, -0.15) is 0 Å². The third kappa shape index (κ3) is 3.54. The van der Waals surface area contributed by atoms with Gasteiger partial charge in [-0.15, -0.1) is 0 Å². The number of hydrogen-bond donors (Lipinski definition) is 0. The number of piperidine rings is 1. The summed E-state index contributed by atoms with van der Waals surface area (Å²) in [6.45, 7) is 9.20. The molecule has 0 aromatic carbocycles. The predicted molar refractivity (Wildman–Crippen MR) is 86.2 cm³/mol. The molecule has 23 heavy (non-hydrogen) atoms. The minimum absolute atomic E-state index is 0.0401. The average Bonchev–Trinajstić information content (AvgIpc) is 2.66. The van der Waals surface area contributed by atoms with E-state index in [-0.39, 0.29) is 29.5 Å². The Balaban J connectivity index is 1.60. The number of carbonyl (C=O) groups excluding carboxylic acids is 2. The van der Waals surface area contributed by atoms with Crippen LogP contribution in [0.25, 0.3) is 0 Å². The number of carbonyl (C=O) groups is 2. The van der Waals surface area contributed by atoms with E-state index in [1.807, 2.05) is 25.7 Å². The van der Waals surface area contributed by atoms with Crippen LogP contribution in [0.15, 0.2) is 0 Å². The number of nitrogens with zero attached hydrogens (tertiary/aromatic N) is 1. The molecule has 3 heterocycles. The summed E-state index contributed by atoms with van der Waals surface area (Å²) in [5.41, 5.74) is -0.430. The Bertz CT molecular complexity index is 478. The Kier molecular flexibility index (Phi) is 4.20. The molecule has 0 saturated carbocycles. The van der Waals surface area contributed by atoms with Crippen LogP contribution >= 0.6 is 0 Å². The fourth-order valence-corrected chi connectivity index (χ4v) is 4.17. The predicted octanol–water partition coefficient (Wildman–Crippen LogP) is 3.16. The van der Waals surface area contributed by atoms with Crippen molar-refractivity contribution in [1.82, 2.24) is 4.90 Å². The molecule has 130 valence electrons. The third-order valence-corrected chi connectivity index (χ3v) is 5.29. The summed E-state index contributed by atoms with van der Waals surface area (Å²) >= 11 is 0. The summed E-state index contributed by atoms with van der Waals surface area (Å²) in [6, 6.07) is 0.339. The standard InChI is InChI=1S/C18H29NO4/c1-17(2,3)23-16(21)19-13-5-6-14(19)8-12(7-13)15(20)9-18(4)10-22-11-18/h12-14H,5-11H2,1-4H3. The van der Waals surface area contributed by atoms with E-state index in [2.05, 4.69) is 6.92 Å². The van der Waals surface area contributed by atoms with E-state index in [4.69, 9.17) is 9.47 Å². The summed E-state index contributed by atoms with van der Waals surface area (Å²) in [6.07, 6.45) is 3.98. The first-order valence-electron chi connectivity index (χ1n) is 8.79. The van der Waals surface area contributed by atoms with Crippen molar-refractivity contribution in [3.63, 3.8) is 0 Å². The smallest absolute Gasteiger partial charge is 0.410 e. The maximum Gasteiger partial charge on any atom is 0.410 e. The van der Waals surface area contributed by atoms with Gasteiger partial charge in [0.25, 0.3) is 0 Å². The Hall–Kier alpha value is -1.10. The number of Topliss-reactive ketones (excluding diaryl/α,β-unsaturated/α-hetero) is 1. The highest BCUT2D eigenvalue weighted by atomic mass is 16.6. The fourth-order valence-electron chi connectivity index (χ4n) is 4.17. The van der Waals surface area contributed by atoms with Crippen LogP contribution in [-0.4, -0.2) is 47.7 Å². The summed E-state index contributed by atoms with van der Waals surface area (Å²) in [5, 5.41) is 0. The molecule has 0 spiro atoms. The minimum Gasteiger partial charge on any atom is -0.444 e. The van der Waals surface area contributed by atoms with Crippen molar-refractivity contribution < 1.29 is 19.1 Å². The van der Waals surface area contributed by atoms with E-state index in [1.54, 1.807) is 0 Å². The van der Waals surface area contributed by atoms with E-state index in [0.29, 0.717) is 25.4 Å². The van der Waals surface area contributed by atoms with Gasteiger partial charge < -0.3 is 14.4 Å². The van der Waals surface area contributed by atoms with Gasteiger partial charge in [0.05, 0.1) is 13.2 Å². The van der Waals surface area contributed by atoms with E-state index in [9.17, 15) is 9.59 Å².